The number of nitrogens with zero attached hydrogens (tertiary/aromatic N) is 4. The first-order valence-electron chi connectivity index (χ1n) is 8.42. The van der Waals surface area contributed by atoms with E-state index in [1.807, 2.05) is 19.1 Å². The van der Waals surface area contributed by atoms with E-state index in [1.54, 1.807) is 41.9 Å². The molecule has 0 atom stereocenters. The fourth-order valence-electron chi connectivity index (χ4n) is 2.98. The lowest BCUT2D eigenvalue weighted by molar-refractivity contribution is 0.600. The van der Waals surface area contributed by atoms with Crippen LogP contribution in [0.15, 0.2) is 47.4 Å². The standard InChI is InChI=1S/C18H19N5O2S/c1-12-6-9-17(13(2)10-12)26(24,25)20-15-5-3-4-14(11-15)18-19-21-22-23(18)16-7-8-16/h3-6,9-11,16,20H,7-8H2,1-2H3. The normalized spacial score (nSPS) is 14.4. The summed E-state index contributed by atoms with van der Waals surface area (Å²) in [5, 5.41) is 11.9. The van der Waals surface area contributed by atoms with Gasteiger partial charge >= 0.3 is 0 Å². The van der Waals surface area contributed by atoms with Crippen molar-refractivity contribution >= 4 is 15.7 Å². The van der Waals surface area contributed by atoms with E-state index in [1.165, 1.54) is 0 Å². The average Bonchev–Trinajstić information content (AvgIpc) is 3.31. The first-order chi connectivity index (χ1) is 12.4. The molecule has 0 spiro atoms. The molecule has 26 heavy (non-hydrogen) atoms. The number of hydrogen-bond acceptors (Lipinski definition) is 5. The molecule has 0 amide bonds. The Balaban J connectivity index is 1.65. The van der Waals surface area contributed by atoms with Crippen LogP contribution in [-0.2, 0) is 10.0 Å². The van der Waals surface area contributed by atoms with E-state index in [0.717, 1.165) is 24.0 Å². The highest BCUT2D eigenvalue weighted by Gasteiger charge is 2.28. The Labute approximate surface area is 152 Å². The zero-order valence-corrected chi connectivity index (χ0v) is 15.4. The van der Waals surface area contributed by atoms with Gasteiger partial charge in [0, 0.05) is 11.3 Å². The summed E-state index contributed by atoms with van der Waals surface area (Å²) >= 11 is 0. The molecule has 1 N–H and O–H groups in total. The molecule has 0 saturated heterocycles. The summed E-state index contributed by atoms with van der Waals surface area (Å²) in [4.78, 5) is 0.274. The van der Waals surface area contributed by atoms with Crippen molar-refractivity contribution in [3.63, 3.8) is 0 Å². The molecule has 1 fully saturated rings. The van der Waals surface area contributed by atoms with E-state index in [2.05, 4.69) is 20.2 Å². The number of hydrogen-bond donors (Lipinski definition) is 1. The van der Waals surface area contributed by atoms with Crippen LogP contribution >= 0.6 is 0 Å². The largest absolute Gasteiger partial charge is 0.280 e. The maximum absolute atomic E-state index is 12.8. The van der Waals surface area contributed by atoms with E-state index in [4.69, 9.17) is 0 Å². The molecule has 134 valence electrons. The zero-order valence-electron chi connectivity index (χ0n) is 14.5. The highest BCUT2D eigenvalue weighted by atomic mass is 32.2. The van der Waals surface area contributed by atoms with Gasteiger partial charge in [-0.1, -0.05) is 29.8 Å². The lowest BCUT2D eigenvalue weighted by Crippen LogP contribution is -2.14. The monoisotopic (exact) mass is 369 g/mol. The minimum absolute atomic E-state index is 0.274. The quantitative estimate of drug-likeness (QED) is 0.746. The van der Waals surface area contributed by atoms with Crippen molar-refractivity contribution in [2.75, 3.05) is 4.72 Å². The third-order valence-electron chi connectivity index (χ3n) is 4.38. The van der Waals surface area contributed by atoms with Crippen LogP contribution in [0.1, 0.15) is 30.0 Å². The van der Waals surface area contributed by atoms with Gasteiger partial charge in [0.2, 0.25) is 0 Å². The van der Waals surface area contributed by atoms with Gasteiger partial charge in [-0.2, -0.15) is 0 Å². The Bertz CT molecular complexity index is 1070. The average molecular weight is 369 g/mol. The van der Waals surface area contributed by atoms with Crippen molar-refractivity contribution in [3.05, 3.63) is 53.6 Å². The van der Waals surface area contributed by atoms with Gasteiger partial charge in [-0.25, -0.2) is 13.1 Å². The summed E-state index contributed by atoms with van der Waals surface area (Å²) < 4.78 is 30.0. The van der Waals surface area contributed by atoms with Crippen molar-refractivity contribution in [2.45, 2.75) is 37.6 Å². The van der Waals surface area contributed by atoms with Crippen LogP contribution in [0.2, 0.25) is 0 Å². The van der Waals surface area contributed by atoms with Gasteiger partial charge in [0.1, 0.15) is 0 Å². The maximum Gasteiger partial charge on any atom is 0.262 e. The number of rotatable bonds is 5. The maximum atomic E-state index is 12.8. The van der Waals surface area contributed by atoms with E-state index >= 15 is 0 Å². The molecule has 0 unspecified atom stereocenters. The van der Waals surface area contributed by atoms with Gasteiger partial charge in [-0.3, -0.25) is 4.72 Å². The van der Waals surface area contributed by atoms with Crippen LogP contribution in [0, 0.1) is 13.8 Å². The Morgan fingerprint density at radius 3 is 2.65 bits per heavy atom. The second-order valence-electron chi connectivity index (χ2n) is 6.63. The summed E-state index contributed by atoms with van der Waals surface area (Å²) in [5.74, 6) is 0.653. The molecule has 0 aliphatic heterocycles. The van der Waals surface area contributed by atoms with Gasteiger partial charge < -0.3 is 0 Å². The molecule has 1 aliphatic carbocycles. The second kappa shape index (κ2) is 6.21. The molecule has 3 aromatic rings. The SMILES string of the molecule is Cc1ccc(S(=O)(=O)Nc2cccc(-c3nnnn3C3CC3)c2)c(C)c1. The van der Waals surface area contributed by atoms with E-state index in [9.17, 15) is 8.42 Å². The van der Waals surface area contributed by atoms with Crippen molar-refractivity contribution in [3.8, 4) is 11.4 Å². The minimum atomic E-state index is -3.67. The number of anilines is 1. The van der Waals surface area contributed by atoms with Crippen LogP contribution in [0.4, 0.5) is 5.69 Å². The first kappa shape index (κ1) is 16.7. The minimum Gasteiger partial charge on any atom is -0.280 e. The number of aryl methyl sites for hydroxylation is 2. The third kappa shape index (κ3) is 3.20. The Kier molecular flexibility index (Phi) is 3.99. The van der Waals surface area contributed by atoms with Crippen LogP contribution in [0.5, 0.6) is 0 Å². The number of aromatic nitrogens is 4. The highest BCUT2D eigenvalue weighted by Crippen LogP contribution is 2.37. The third-order valence-corrected chi connectivity index (χ3v) is 5.92. The van der Waals surface area contributed by atoms with Gasteiger partial charge in [0.25, 0.3) is 10.0 Å². The van der Waals surface area contributed by atoms with Crippen LogP contribution < -0.4 is 4.72 Å². The number of benzene rings is 2. The highest BCUT2D eigenvalue weighted by molar-refractivity contribution is 7.92. The molecule has 1 aliphatic rings. The number of nitrogens with one attached hydrogen (secondary N) is 1. The van der Waals surface area contributed by atoms with Crippen molar-refractivity contribution in [2.24, 2.45) is 0 Å². The lowest BCUT2D eigenvalue weighted by Gasteiger charge is -2.12. The van der Waals surface area contributed by atoms with E-state index < -0.39 is 10.0 Å². The Hall–Kier alpha value is -2.74. The fourth-order valence-corrected chi connectivity index (χ4v) is 4.26. The Morgan fingerprint density at radius 1 is 1.12 bits per heavy atom. The second-order valence-corrected chi connectivity index (χ2v) is 8.28. The number of sulfonamides is 1. The van der Waals surface area contributed by atoms with Gasteiger partial charge in [-0.15, -0.1) is 5.10 Å². The molecule has 2 aromatic carbocycles. The molecule has 7 nitrogen and oxygen atoms in total. The molecule has 1 heterocycles. The summed E-state index contributed by atoms with van der Waals surface area (Å²) in [6.45, 7) is 3.73. The predicted octanol–water partition coefficient (Wildman–Crippen LogP) is 3.09. The first-order valence-corrected chi connectivity index (χ1v) is 9.91. The number of tetrazole rings is 1. The summed E-state index contributed by atoms with van der Waals surface area (Å²) in [6.07, 6.45) is 2.13. The molecule has 0 bridgehead atoms. The lowest BCUT2D eigenvalue weighted by atomic mass is 10.2. The van der Waals surface area contributed by atoms with E-state index in [0.29, 0.717) is 23.1 Å². The topological polar surface area (TPSA) is 89.8 Å². The summed E-state index contributed by atoms with van der Waals surface area (Å²) in [5.41, 5.74) is 3.00. The van der Waals surface area contributed by atoms with E-state index in [-0.39, 0.29) is 4.90 Å². The molecule has 8 heteroatoms. The molecule has 4 rings (SSSR count). The molecular formula is C18H19N5O2S. The zero-order chi connectivity index (χ0) is 18.3. The van der Waals surface area contributed by atoms with Crippen LogP contribution in [-0.4, -0.2) is 28.6 Å². The summed E-state index contributed by atoms with van der Waals surface area (Å²) in [6, 6.07) is 12.8. The molecular weight excluding hydrogens is 350 g/mol. The van der Waals surface area contributed by atoms with Crippen LogP contribution in [0.25, 0.3) is 11.4 Å². The van der Waals surface area contributed by atoms with Gasteiger partial charge in [-0.05, 0) is 60.9 Å². The van der Waals surface area contributed by atoms with Gasteiger partial charge in [0.05, 0.1) is 10.9 Å². The van der Waals surface area contributed by atoms with Crippen molar-refractivity contribution < 1.29 is 8.42 Å². The van der Waals surface area contributed by atoms with Crippen molar-refractivity contribution in [1.82, 2.24) is 20.2 Å². The molecule has 1 aromatic heterocycles. The fraction of sp³-hybridized carbons (Fsp3) is 0.278. The van der Waals surface area contributed by atoms with Gasteiger partial charge in [0.15, 0.2) is 5.82 Å². The van der Waals surface area contributed by atoms with Crippen LogP contribution in [0.3, 0.4) is 0 Å². The smallest absolute Gasteiger partial charge is 0.262 e. The molecule has 0 radical (unpaired) electrons. The Morgan fingerprint density at radius 2 is 1.92 bits per heavy atom. The predicted molar refractivity (Wildman–Crippen MR) is 98.2 cm³/mol. The van der Waals surface area contributed by atoms with Crippen molar-refractivity contribution in [1.29, 1.82) is 0 Å². The summed E-state index contributed by atoms with van der Waals surface area (Å²) in [7, 11) is -3.67. The molecule has 1 saturated carbocycles.